The lowest BCUT2D eigenvalue weighted by Crippen LogP contribution is -2.49. The van der Waals surface area contributed by atoms with Gasteiger partial charge in [-0.2, -0.15) is 0 Å². The number of carbonyl (C=O) groups is 1. The SMILES string of the molecule is Cc1ccccc1C(c1ccccc1C)C1CN(N)C(=O)c2c(O)c(=O)ccn21. The van der Waals surface area contributed by atoms with Gasteiger partial charge >= 0.3 is 0 Å². The van der Waals surface area contributed by atoms with Crippen LogP contribution in [-0.2, 0) is 0 Å². The third-order valence-corrected chi connectivity index (χ3v) is 5.74. The van der Waals surface area contributed by atoms with Gasteiger partial charge in [0.15, 0.2) is 11.4 Å². The Morgan fingerprint density at radius 2 is 1.52 bits per heavy atom. The van der Waals surface area contributed by atoms with Gasteiger partial charge in [0, 0.05) is 18.2 Å². The predicted octanol–water partition coefficient (Wildman–Crippen LogP) is 2.87. The van der Waals surface area contributed by atoms with E-state index in [1.165, 1.54) is 6.07 Å². The fourth-order valence-electron chi connectivity index (χ4n) is 4.26. The van der Waals surface area contributed by atoms with E-state index in [9.17, 15) is 14.7 Å². The first-order chi connectivity index (χ1) is 13.9. The molecule has 3 N–H and O–H groups in total. The number of fused-ring (bicyclic) bond motifs is 1. The molecule has 29 heavy (non-hydrogen) atoms. The second-order valence-corrected chi connectivity index (χ2v) is 7.50. The number of aryl methyl sites for hydroxylation is 2. The Labute approximate surface area is 168 Å². The second kappa shape index (κ2) is 7.22. The van der Waals surface area contributed by atoms with Crippen LogP contribution in [0.3, 0.4) is 0 Å². The Morgan fingerprint density at radius 1 is 0.966 bits per heavy atom. The van der Waals surface area contributed by atoms with E-state index in [2.05, 4.69) is 38.1 Å². The Balaban J connectivity index is 2.00. The lowest BCUT2D eigenvalue weighted by Gasteiger charge is -2.39. The molecular weight excluding hydrogens is 366 g/mol. The van der Waals surface area contributed by atoms with Crippen LogP contribution in [0.1, 0.15) is 44.7 Å². The first-order valence-corrected chi connectivity index (χ1v) is 9.52. The van der Waals surface area contributed by atoms with E-state index < -0.39 is 17.1 Å². The van der Waals surface area contributed by atoms with E-state index in [1.807, 2.05) is 24.3 Å². The van der Waals surface area contributed by atoms with Gasteiger partial charge in [-0.3, -0.25) is 14.6 Å². The van der Waals surface area contributed by atoms with E-state index >= 15 is 0 Å². The number of aromatic hydroxyl groups is 1. The van der Waals surface area contributed by atoms with Crippen molar-refractivity contribution < 1.29 is 9.90 Å². The number of benzene rings is 2. The zero-order chi connectivity index (χ0) is 20.7. The van der Waals surface area contributed by atoms with Gasteiger partial charge in [-0.25, -0.2) is 5.84 Å². The van der Waals surface area contributed by atoms with Crippen LogP contribution in [0.25, 0.3) is 0 Å². The second-order valence-electron chi connectivity index (χ2n) is 7.50. The van der Waals surface area contributed by atoms with Crippen LogP contribution < -0.4 is 11.3 Å². The van der Waals surface area contributed by atoms with Crippen LogP contribution in [0, 0.1) is 13.8 Å². The summed E-state index contributed by atoms with van der Waals surface area (Å²) in [4.78, 5) is 24.6. The molecule has 1 amide bonds. The quantitative estimate of drug-likeness (QED) is 0.533. The molecule has 1 atom stereocenters. The van der Waals surface area contributed by atoms with Crippen LogP contribution in [-0.4, -0.2) is 27.1 Å². The molecular formula is C23H23N3O3. The molecule has 0 aliphatic carbocycles. The molecule has 148 valence electrons. The largest absolute Gasteiger partial charge is 0.503 e. The highest BCUT2D eigenvalue weighted by Gasteiger charge is 2.38. The van der Waals surface area contributed by atoms with Crippen LogP contribution in [0.2, 0.25) is 0 Å². The average molecular weight is 389 g/mol. The lowest BCUT2D eigenvalue weighted by atomic mass is 9.80. The van der Waals surface area contributed by atoms with Gasteiger partial charge in [-0.15, -0.1) is 0 Å². The number of hydrogen-bond acceptors (Lipinski definition) is 4. The van der Waals surface area contributed by atoms with Gasteiger partial charge in [0.25, 0.3) is 5.91 Å². The van der Waals surface area contributed by atoms with Crippen LogP contribution in [0.15, 0.2) is 65.6 Å². The summed E-state index contributed by atoms with van der Waals surface area (Å²) in [7, 11) is 0. The molecule has 0 fully saturated rings. The summed E-state index contributed by atoms with van der Waals surface area (Å²) in [5.74, 6) is 4.77. The number of nitrogens with two attached hydrogens (primary N) is 1. The Kier molecular flexibility index (Phi) is 4.72. The van der Waals surface area contributed by atoms with Gasteiger partial charge in [0.05, 0.1) is 12.6 Å². The molecule has 0 saturated heterocycles. The maximum atomic E-state index is 12.6. The van der Waals surface area contributed by atoms with E-state index in [0.29, 0.717) is 0 Å². The summed E-state index contributed by atoms with van der Waals surface area (Å²) in [6.45, 7) is 4.36. The van der Waals surface area contributed by atoms with Gasteiger partial charge in [-0.1, -0.05) is 48.5 Å². The van der Waals surface area contributed by atoms with E-state index in [1.54, 1.807) is 10.8 Å². The van der Waals surface area contributed by atoms with Crippen molar-refractivity contribution in [3.63, 3.8) is 0 Å². The van der Waals surface area contributed by atoms with Gasteiger partial charge in [0.1, 0.15) is 0 Å². The van der Waals surface area contributed by atoms with Crippen LogP contribution in [0.5, 0.6) is 5.75 Å². The molecule has 0 bridgehead atoms. The van der Waals surface area contributed by atoms with E-state index in [0.717, 1.165) is 27.3 Å². The summed E-state index contributed by atoms with van der Waals surface area (Å²) in [6.07, 6.45) is 1.58. The number of rotatable bonds is 3. The van der Waals surface area contributed by atoms with Crippen molar-refractivity contribution >= 4 is 5.91 Å². The van der Waals surface area contributed by atoms with Crippen molar-refractivity contribution in [1.82, 2.24) is 9.58 Å². The first kappa shape index (κ1) is 19.0. The Bertz CT molecular complexity index is 1110. The minimum Gasteiger partial charge on any atom is -0.503 e. The molecule has 4 rings (SSSR count). The summed E-state index contributed by atoms with van der Waals surface area (Å²) in [5.41, 5.74) is 3.80. The predicted molar refractivity (Wildman–Crippen MR) is 111 cm³/mol. The van der Waals surface area contributed by atoms with Gasteiger partial charge in [-0.05, 0) is 36.1 Å². The van der Waals surface area contributed by atoms with Crippen molar-refractivity contribution in [3.05, 3.63) is 99.0 Å². The lowest BCUT2D eigenvalue weighted by molar-refractivity contribution is 0.0650. The van der Waals surface area contributed by atoms with Crippen LogP contribution in [0.4, 0.5) is 0 Å². The summed E-state index contributed by atoms with van der Waals surface area (Å²) < 4.78 is 1.70. The average Bonchev–Trinajstić information content (AvgIpc) is 2.70. The maximum absolute atomic E-state index is 12.6. The minimum atomic E-state index is -0.595. The van der Waals surface area contributed by atoms with Crippen molar-refractivity contribution in [1.29, 1.82) is 0 Å². The Morgan fingerprint density at radius 3 is 2.07 bits per heavy atom. The topological polar surface area (TPSA) is 88.6 Å². The summed E-state index contributed by atoms with van der Waals surface area (Å²) in [6, 6.07) is 17.2. The fraction of sp³-hybridized carbons (Fsp3) is 0.217. The normalized spacial score (nSPS) is 16.2. The molecule has 6 nitrogen and oxygen atoms in total. The molecule has 0 radical (unpaired) electrons. The third-order valence-electron chi connectivity index (χ3n) is 5.74. The summed E-state index contributed by atoms with van der Waals surface area (Å²) in [5, 5.41) is 11.4. The molecule has 2 heterocycles. The van der Waals surface area contributed by atoms with Crippen molar-refractivity contribution in [3.8, 4) is 5.75 Å². The number of nitrogens with zero attached hydrogens (tertiary/aromatic N) is 2. The van der Waals surface area contributed by atoms with Gasteiger partial charge < -0.3 is 9.67 Å². The van der Waals surface area contributed by atoms with E-state index in [-0.39, 0.29) is 24.2 Å². The fourth-order valence-corrected chi connectivity index (χ4v) is 4.26. The van der Waals surface area contributed by atoms with Crippen LogP contribution >= 0.6 is 0 Å². The highest BCUT2D eigenvalue weighted by molar-refractivity contribution is 5.95. The molecule has 1 aromatic heterocycles. The molecule has 0 saturated carbocycles. The number of carbonyl (C=O) groups excluding carboxylic acids is 1. The molecule has 1 aliphatic rings. The van der Waals surface area contributed by atoms with Crippen molar-refractivity contribution in [2.75, 3.05) is 6.54 Å². The molecule has 6 heteroatoms. The number of hydrazine groups is 1. The molecule has 3 aromatic rings. The van der Waals surface area contributed by atoms with Crippen molar-refractivity contribution in [2.24, 2.45) is 5.84 Å². The zero-order valence-electron chi connectivity index (χ0n) is 16.4. The molecule has 0 spiro atoms. The zero-order valence-corrected chi connectivity index (χ0v) is 16.4. The van der Waals surface area contributed by atoms with E-state index in [4.69, 9.17) is 5.84 Å². The highest BCUT2D eigenvalue weighted by atomic mass is 16.3. The molecule has 2 aromatic carbocycles. The number of hydrogen-bond donors (Lipinski definition) is 2. The molecule has 1 aliphatic heterocycles. The maximum Gasteiger partial charge on any atom is 0.288 e. The minimum absolute atomic E-state index is 0.0663. The molecule has 1 unspecified atom stereocenters. The number of amides is 1. The Hall–Kier alpha value is -3.38. The summed E-state index contributed by atoms with van der Waals surface area (Å²) >= 11 is 0. The van der Waals surface area contributed by atoms with Gasteiger partial charge in [0.2, 0.25) is 5.43 Å². The third kappa shape index (κ3) is 3.11. The monoisotopic (exact) mass is 389 g/mol. The number of aromatic nitrogens is 1. The van der Waals surface area contributed by atoms with Crippen molar-refractivity contribution in [2.45, 2.75) is 25.8 Å². The highest BCUT2D eigenvalue weighted by Crippen LogP contribution is 2.41. The standard InChI is InChI=1S/C23H23N3O3/c1-14-7-3-5-9-16(14)20(17-10-6-4-8-15(17)2)18-13-26(24)23(29)21-22(28)19(27)11-12-25(18)21/h3-12,18,20,28H,13,24H2,1-2H3. The first-order valence-electron chi connectivity index (χ1n) is 9.52. The number of pyridine rings is 1. The smallest absolute Gasteiger partial charge is 0.288 e.